The first-order valence-electron chi connectivity index (χ1n) is 5.71. The van der Waals surface area contributed by atoms with Crippen molar-refractivity contribution in [1.82, 2.24) is 14.7 Å². The van der Waals surface area contributed by atoms with Gasteiger partial charge in [0.1, 0.15) is 11.3 Å². The maximum Gasteiger partial charge on any atom is 0.407 e. The van der Waals surface area contributed by atoms with E-state index in [-0.39, 0.29) is 11.7 Å². The van der Waals surface area contributed by atoms with E-state index in [0.29, 0.717) is 24.8 Å². The van der Waals surface area contributed by atoms with Crippen LogP contribution in [0.5, 0.6) is 0 Å². The number of halogens is 1. The van der Waals surface area contributed by atoms with Crippen molar-refractivity contribution in [1.29, 1.82) is 0 Å². The van der Waals surface area contributed by atoms with Gasteiger partial charge in [0.25, 0.3) is 0 Å². The number of nitrogens with zero attached hydrogens (tertiary/aromatic N) is 3. The molecule has 2 rings (SSSR count). The zero-order valence-electron chi connectivity index (χ0n) is 10.4. The van der Waals surface area contributed by atoms with Gasteiger partial charge in [0.2, 0.25) is 0 Å². The number of carboxylic acid groups (broad SMARTS) is 1. The van der Waals surface area contributed by atoms with E-state index in [1.165, 1.54) is 4.90 Å². The summed E-state index contributed by atoms with van der Waals surface area (Å²) in [6.45, 7) is 7.91. The first-order chi connectivity index (χ1) is 7.80. The maximum atomic E-state index is 11.0. The minimum Gasteiger partial charge on any atom is -0.465 e. The van der Waals surface area contributed by atoms with Crippen molar-refractivity contribution in [2.75, 3.05) is 19.6 Å². The van der Waals surface area contributed by atoms with Crippen LogP contribution in [-0.4, -0.2) is 57.2 Å². The highest BCUT2D eigenvalue weighted by Crippen LogP contribution is 2.33. The van der Waals surface area contributed by atoms with Crippen LogP contribution in [0, 0.1) is 0 Å². The molecule has 0 aromatic heterocycles. The van der Waals surface area contributed by atoms with Crippen molar-refractivity contribution in [2.45, 2.75) is 32.5 Å². The number of fused-ring (bicyclic) bond motifs is 1. The summed E-state index contributed by atoms with van der Waals surface area (Å²) in [6.07, 6.45) is 1.08. The molecule has 0 aliphatic carbocycles. The Kier molecular flexibility index (Phi) is 2.89. The van der Waals surface area contributed by atoms with Gasteiger partial charge < -0.3 is 19.8 Å². The van der Waals surface area contributed by atoms with E-state index in [4.69, 9.17) is 16.7 Å². The van der Waals surface area contributed by atoms with Gasteiger partial charge in [0.05, 0.1) is 6.54 Å². The molecular formula is C11H18ClN3O2. The Balaban J connectivity index is 2.19. The SMILES string of the molecule is CC(C)(C)N1C=C(Cl)N2CCN(C(=O)O)CC21. The van der Waals surface area contributed by atoms with Gasteiger partial charge in [-0.2, -0.15) is 0 Å². The lowest BCUT2D eigenvalue weighted by Crippen LogP contribution is -2.59. The third-order valence-electron chi connectivity index (χ3n) is 3.24. The summed E-state index contributed by atoms with van der Waals surface area (Å²) in [6, 6.07) is 0. The van der Waals surface area contributed by atoms with E-state index < -0.39 is 6.09 Å². The number of piperazine rings is 1. The van der Waals surface area contributed by atoms with Gasteiger partial charge in [-0.1, -0.05) is 11.6 Å². The molecule has 5 nitrogen and oxygen atoms in total. The van der Waals surface area contributed by atoms with Crippen LogP contribution >= 0.6 is 11.6 Å². The van der Waals surface area contributed by atoms with Gasteiger partial charge in [-0.15, -0.1) is 0 Å². The van der Waals surface area contributed by atoms with Crippen molar-refractivity contribution in [3.05, 3.63) is 11.4 Å². The molecule has 17 heavy (non-hydrogen) atoms. The molecule has 1 amide bonds. The molecule has 2 aliphatic rings. The topological polar surface area (TPSA) is 47.0 Å². The molecule has 1 fully saturated rings. The summed E-state index contributed by atoms with van der Waals surface area (Å²) in [7, 11) is 0. The number of rotatable bonds is 0. The van der Waals surface area contributed by atoms with Crippen LogP contribution in [0.15, 0.2) is 11.4 Å². The van der Waals surface area contributed by atoms with Crippen LogP contribution in [0.25, 0.3) is 0 Å². The van der Waals surface area contributed by atoms with Gasteiger partial charge in [0.15, 0.2) is 0 Å². The minimum atomic E-state index is -0.860. The van der Waals surface area contributed by atoms with Gasteiger partial charge in [-0.25, -0.2) is 4.79 Å². The molecule has 0 radical (unpaired) electrons. The van der Waals surface area contributed by atoms with Gasteiger partial charge in [-0.05, 0) is 20.8 Å². The maximum absolute atomic E-state index is 11.0. The van der Waals surface area contributed by atoms with Crippen molar-refractivity contribution in [2.24, 2.45) is 0 Å². The lowest BCUT2D eigenvalue weighted by atomic mass is 10.1. The normalized spacial score (nSPS) is 24.8. The standard InChI is InChI=1S/C11H18ClN3O2/c1-11(2,3)15-6-8(12)14-5-4-13(10(16)17)7-9(14)15/h6,9H,4-5,7H2,1-3H3,(H,16,17). The highest BCUT2D eigenvalue weighted by Gasteiger charge is 2.41. The summed E-state index contributed by atoms with van der Waals surface area (Å²) in [5.74, 6) is 0. The number of hydrogen-bond donors (Lipinski definition) is 1. The van der Waals surface area contributed by atoms with E-state index >= 15 is 0 Å². The van der Waals surface area contributed by atoms with Crippen LogP contribution in [0.4, 0.5) is 4.79 Å². The molecule has 0 saturated carbocycles. The average Bonchev–Trinajstić information content (AvgIpc) is 2.55. The van der Waals surface area contributed by atoms with E-state index in [0.717, 1.165) is 0 Å². The monoisotopic (exact) mass is 259 g/mol. The van der Waals surface area contributed by atoms with Crippen molar-refractivity contribution in [3.8, 4) is 0 Å². The van der Waals surface area contributed by atoms with Gasteiger partial charge in [0, 0.05) is 24.8 Å². The zero-order valence-corrected chi connectivity index (χ0v) is 11.1. The third kappa shape index (κ3) is 2.16. The molecule has 1 saturated heterocycles. The summed E-state index contributed by atoms with van der Waals surface area (Å²) in [4.78, 5) is 16.7. The van der Waals surface area contributed by atoms with Crippen LogP contribution < -0.4 is 0 Å². The Hall–Kier alpha value is -1.10. The minimum absolute atomic E-state index is 0.0207. The summed E-state index contributed by atoms with van der Waals surface area (Å²) in [5, 5.41) is 9.76. The van der Waals surface area contributed by atoms with E-state index in [1.54, 1.807) is 0 Å². The fraction of sp³-hybridized carbons (Fsp3) is 0.727. The lowest BCUT2D eigenvalue weighted by molar-refractivity contribution is 0.0147. The molecule has 0 aromatic carbocycles. The molecule has 2 aliphatic heterocycles. The molecule has 0 bridgehead atoms. The highest BCUT2D eigenvalue weighted by atomic mass is 35.5. The Bertz CT molecular complexity index is 364. The predicted octanol–water partition coefficient (Wildman–Crippen LogP) is 1.76. The highest BCUT2D eigenvalue weighted by molar-refractivity contribution is 6.29. The summed E-state index contributed by atoms with van der Waals surface area (Å²) >= 11 is 6.19. The largest absolute Gasteiger partial charge is 0.465 e. The Morgan fingerprint density at radius 1 is 1.47 bits per heavy atom. The average molecular weight is 260 g/mol. The van der Waals surface area contributed by atoms with Gasteiger partial charge in [-0.3, -0.25) is 0 Å². The van der Waals surface area contributed by atoms with Gasteiger partial charge >= 0.3 is 6.09 Å². The molecule has 0 spiro atoms. The summed E-state index contributed by atoms with van der Waals surface area (Å²) in [5.41, 5.74) is -0.0684. The molecule has 1 atom stereocenters. The third-order valence-corrected chi connectivity index (χ3v) is 3.56. The molecule has 96 valence electrons. The molecular weight excluding hydrogens is 242 g/mol. The van der Waals surface area contributed by atoms with E-state index in [2.05, 4.69) is 30.6 Å². The number of hydrogen-bond acceptors (Lipinski definition) is 3. The van der Waals surface area contributed by atoms with Crippen molar-refractivity contribution < 1.29 is 9.90 Å². The first-order valence-corrected chi connectivity index (χ1v) is 6.09. The number of amides is 1. The van der Waals surface area contributed by atoms with Crippen LogP contribution in [0.3, 0.4) is 0 Å². The van der Waals surface area contributed by atoms with E-state index in [9.17, 15) is 4.79 Å². The lowest BCUT2D eigenvalue weighted by Gasteiger charge is -2.45. The van der Waals surface area contributed by atoms with Crippen molar-refractivity contribution in [3.63, 3.8) is 0 Å². The van der Waals surface area contributed by atoms with Crippen LogP contribution in [0.2, 0.25) is 0 Å². The first kappa shape index (κ1) is 12.4. The predicted molar refractivity (Wildman–Crippen MR) is 65.6 cm³/mol. The van der Waals surface area contributed by atoms with Crippen LogP contribution in [0.1, 0.15) is 20.8 Å². The molecule has 2 heterocycles. The zero-order chi connectivity index (χ0) is 12.8. The smallest absolute Gasteiger partial charge is 0.407 e. The number of carbonyl (C=O) groups is 1. The fourth-order valence-corrected chi connectivity index (χ4v) is 2.64. The Labute approximate surface area is 106 Å². The second-order valence-corrected chi connectivity index (χ2v) is 5.82. The summed E-state index contributed by atoms with van der Waals surface area (Å²) < 4.78 is 0. The van der Waals surface area contributed by atoms with Crippen LogP contribution in [-0.2, 0) is 0 Å². The molecule has 1 N–H and O–H groups in total. The molecule has 1 unspecified atom stereocenters. The quantitative estimate of drug-likeness (QED) is 0.674. The van der Waals surface area contributed by atoms with E-state index in [1.807, 2.05) is 6.20 Å². The molecule has 6 heteroatoms. The Morgan fingerprint density at radius 3 is 2.65 bits per heavy atom. The molecule has 0 aromatic rings. The fourth-order valence-electron chi connectivity index (χ4n) is 2.34. The second kappa shape index (κ2) is 3.98. The second-order valence-electron chi connectivity index (χ2n) is 5.43. The Morgan fingerprint density at radius 2 is 2.12 bits per heavy atom. The van der Waals surface area contributed by atoms with Crippen molar-refractivity contribution >= 4 is 17.7 Å².